The molecular weight excluding hydrogens is 315 g/mol. The van der Waals surface area contributed by atoms with Crippen LogP contribution in [0.2, 0.25) is 5.02 Å². The fourth-order valence-corrected chi connectivity index (χ4v) is 4.50. The number of alkyl halides is 1. The fraction of sp³-hybridized carbons (Fsp3) is 0.500. The monoisotopic (exact) mass is 330 g/mol. The molecule has 0 aliphatic carbocycles. The lowest BCUT2D eigenvalue weighted by molar-refractivity contribution is 0.457. The van der Waals surface area contributed by atoms with E-state index in [0.29, 0.717) is 5.02 Å². The second-order valence-electron chi connectivity index (χ2n) is 5.14. The van der Waals surface area contributed by atoms with Crippen LogP contribution < -0.4 is 0 Å². The smallest absolute Gasteiger partial charge is 0.128 e. The number of para-hydroxylation sites is 1. The van der Waals surface area contributed by atoms with Gasteiger partial charge in [-0.3, -0.25) is 4.21 Å². The summed E-state index contributed by atoms with van der Waals surface area (Å²) >= 11 is 12.7. The first kappa shape index (κ1) is 14.4. The molecule has 0 N–H and O–H groups in total. The van der Waals surface area contributed by atoms with Crippen molar-refractivity contribution in [1.29, 1.82) is 0 Å². The highest BCUT2D eigenvalue weighted by atomic mass is 35.5. The molecule has 3 rings (SSSR count). The van der Waals surface area contributed by atoms with Gasteiger partial charge in [0, 0.05) is 28.3 Å². The molecule has 1 unspecified atom stereocenters. The summed E-state index contributed by atoms with van der Waals surface area (Å²) in [4.78, 5) is 4.64. The number of fused-ring (bicyclic) bond motifs is 1. The maximum absolute atomic E-state index is 11.6. The molecule has 6 heteroatoms. The summed E-state index contributed by atoms with van der Waals surface area (Å²) in [6.07, 6.45) is 1.78. The maximum Gasteiger partial charge on any atom is 0.128 e. The lowest BCUT2D eigenvalue weighted by Crippen LogP contribution is -2.23. The number of rotatable bonds is 2. The highest BCUT2D eigenvalue weighted by Crippen LogP contribution is 2.35. The average molecular weight is 331 g/mol. The van der Waals surface area contributed by atoms with Gasteiger partial charge in [0.05, 0.1) is 21.4 Å². The van der Waals surface area contributed by atoms with Gasteiger partial charge in [0.15, 0.2) is 0 Å². The highest BCUT2D eigenvalue weighted by molar-refractivity contribution is 7.85. The Hall–Kier alpha value is -0.580. The zero-order chi connectivity index (χ0) is 14.3. The first-order valence-corrected chi connectivity index (χ1v) is 9.03. The minimum absolute atomic E-state index is 0.175. The Balaban J connectivity index is 2.16. The Labute approximate surface area is 130 Å². The van der Waals surface area contributed by atoms with Crippen LogP contribution in [-0.4, -0.2) is 25.3 Å². The van der Waals surface area contributed by atoms with E-state index in [-0.39, 0.29) is 11.4 Å². The summed E-state index contributed by atoms with van der Waals surface area (Å²) in [5.41, 5.74) is 1.83. The van der Waals surface area contributed by atoms with Crippen molar-refractivity contribution in [2.24, 2.45) is 0 Å². The van der Waals surface area contributed by atoms with Gasteiger partial charge in [-0.2, -0.15) is 0 Å². The van der Waals surface area contributed by atoms with Crippen molar-refractivity contribution >= 4 is 45.0 Å². The minimum atomic E-state index is -0.679. The van der Waals surface area contributed by atoms with Crippen LogP contribution >= 0.6 is 23.2 Å². The molecule has 108 valence electrons. The largest absolute Gasteiger partial charge is 0.322 e. The summed E-state index contributed by atoms with van der Waals surface area (Å²) < 4.78 is 13.7. The molecular formula is C14H16Cl2N2OS. The Bertz CT molecular complexity index is 658. The van der Waals surface area contributed by atoms with Gasteiger partial charge in [0.1, 0.15) is 5.82 Å². The zero-order valence-corrected chi connectivity index (χ0v) is 13.5. The predicted molar refractivity (Wildman–Crippen MR) is 85.2 cm³/mol. The number of imidazole rings is 1. The van der Waals surface area contributed by atoms with Crippen LogP contribution in [0.5, 0.6) is 0 Å². The van der Waals surface area contributed by atoms with Gasteiger partial charge >= 0.3 is 0 Å². The summed E-state index contributed by atoms with van der Waals surface area (Å²) in [5, 5.41) is 0.524. The topological polar surface area (TPSA) is 34.9 Å². The maximum atomic E-state index is 11.6. The van der Waals surface area contributed by atoms with Gasteiger partial charge in [-0.15, -0.1) is 11.6 Å². The van der Waals surface area contributed by atoms with Crippen molar-refractivity contribution in [3.8, 4) is 0 Å². The summed E-state index contributed by atoms with van der Waals surface area (Å²) in [7, 11) is -0.679. The van der Waals surface area contributed by atoms with Crippen LogP contribution in [-0.2, 0) is 10.8 Å². The fourth-order valence-electron chi connectivity index (χ4n) is 2.81. The van der Waals surface area contributed by atoms with Gasteiger partial charge in [-0.25, -0.2) is 4.98 Å². The van der Waals surface area contributed by atoms with Crippen molar-refractivity contribution < 1.29 is 4.21 Å². The summed E-state index contributed by atoms with van der Waals surface area (Å²) in [6.45, 7) is 1.92. The number of benzene rings is 1. The normalized spacial score (nSPS) is 24.9. The lowest BCUT2D eigenvalue weighted by Gasteiger charge is -2.26. The third kappa shape index (κ3) is 2.49. The highest BCUT2D eigenvalue weighted by Gasteiger charge is 2.26. The van der Waals surface area contributed by atoms with Gasteiger partial charge in [0.2, 0.25) is 0 Å². The summed E-state index contributed by atoms with van der Waals surface area (Å²) in [6, 6.07) is 6.03. The molecule has 1 saturated heterocycles. The molecule has 1 fully saturated rings. The van der Waals surface area contributed by atoms with E-state index in [2.05, 4.69) is 9.55 Å². The van der Waals surface area contributed by atoms with E-state index in [9.17, 15) is 4.21 Å². The first-order valence-electron chi connectivity index (χ1n) is 6.73. The van der Waals surface area contributed by atoms with Crippen LogP contribution in [0, 0.1) is 0 Å². The van der Waals surface area contributed by atoms with Gasteiger partial charge in [-0.1, -0.05) is 17.7 Å². The summed E-state index contributed by atoms with van der Waals surface area (Å²) in [5.74, 6) is 2.34. The molecule has 1 aromatic carbocycles. The van der Waals surface area contributed by atoms with E-state index < -0.39 is 10.8 Å². The number of halogens is 2. The molecule has 1 atom stereocenters. The molecule has 0 bridgehead atoms. The minimum Gasteiger partial charge on any atom is -0.322 e. The molecule has 1 aliphatic rings. The van der Waals surface area contributed by atoms with Crippen LogP contribution in [0.25, 0.3) is 11.0 Å². The number of hydrogen-bond acceptors (Lipinski definition) is 2. The van der Waals surface area contributed by atoms with E-state index in [0.717, 1.165) is 41.2 Å². The van der Waals surface area contributed by atoms with Crippen LogP contribution in [0.15, 0.2) is 18.2 Å². The van der Waals surface area contributed by atoms with Crippen molar-refractivity contribution in [3.63, 3.8) is 0 Å². The molecule has 3 nitrogen and oxygen atoms in total. The Morgan fingerprint density at radius 2 is 2.10 bits per heavy atom. The van der Waals surface area contributed by atoms with Crippen LogP contribution in [0.3, 0.4) is 0 Å². The van der Waals surface area contributed by atoms with Crippen molar-refractivity contribution in [3.05, 3.63) is 29.0 Å². The average Bonchev–Trinajstić information content (AvgIpc) is 2.81. The molecule has 0 spiro atoms. The molecule has 20 heavy (non-hydrogen) atoms. The predicted octanol–water partition coefficient (Wildman–Crippen LogP) is 4.07. The molecule has 1 aromatic heterocycles. The van der Waals surface area contributed by atoms with Gasteiger partial charge < -0.3 is 4.57 Å². The standard InChI is InChI=1S/C14H16Cl2N2OS/c1-9(15)14-17-12-4-2-3-11(16)13(12)18(14)10-5-7-20(19)8-6-10/h2-4,9-10H,5-8H2,1H3. The molecule has 0 saturated carbocycles. The molecule has 2 heterocycles. The third-order valence-electron chi connectivity index (χ3n) is 3.77. The zero-order valence-electron chi connectivity index (χ0n) is 11.2. The number of aromatic nitrogens is 2. The second-order valence-corrected chi connectivity index (χ2v) is 7.90. The Morgan fingerprint density at radius 1 is 1.40 bits per heavy atom. The Morgan fingerprint density at radius 3 is 2.75 bits per heavy atom. The van der Waals surface area contributed by atoms with Crippen LogP contribution in [0.1, 0.15) is 37.0 Å². The molecule has 0 amide bonds. The van der Waals surface area contributed by atoms with Crippen molar-refractivity contribution in [1.82, 2.24) is 9.55 Å². The molecule has 0 radical (unpaired) electrons. The van der Waals surface area contributed by atoms with E-state index in [4.69, 9.17) is 23.2 Å². The van der Waals surface area contributed by atoms with Crippen molar-refractivity contribution in [2.45, 2.75) is 31.2 Å². The first-order chi connectivity index (χ1) is 9.58. The third-order valence-corrected chi connectivity index (χ3v) is 5.65. The number of hydrogen-bond donors (Lipinski definition) is 0. The Kier molecular flexibility index (Phi) is 4.07. The van der Waals surface area contributed by atoms with E-state index >= 15 is 0 Å². The SMILES string of the molecule is CC(Cl)c1nc2cccc(Cl)c2n1C1CCS(=O)CC1. The van der Waals surface area contributed by atoms with E-state index in [1.807, 2.05) is 25.1 Å². The second kappa shape index (κ2) is 5.66. The molecule has 2 aromatic rings. The number of nitrogens with zero attached hydrogens (tertiary/aromatic N) is 2. The van der Waals surface area contributed by atoms with E-state index in [1.54, 1.807) is 0 Å². The van der Waals surface area contributed by atoms with Gasteiger partial charge in [-0.05, 0) is 31.9 Å². The van der Waals surface area contributed by atoms with Crippen molar-refractivity contribution in [2.75, 3.05) is 11.5 Å². The van der Waals surface area contributed by atoms with Crippen LogP contribution in [0.4, 0.5) is 0 Å². The molecule has 1 aliphatic heterocycles. The quantitative estimate of drug-likeness (QED) is 0.778. The van der Waals surface area contributed by atoms with Gasteiger partial charge in [0.25, 0.3) is 0 Å². The van der Waals surface area contributed by atoms with E-state index in [1.165, 1.54) is 0 Å². The lowest BCUT2D eigenvalue weighted by atomic mass is 10.1.